The van der Waals surface area contributed by atoms with Crippen LogP contribution in [0.2, 0.25) is 0 Å². The van der Waals surface area contributed by atoms with Crippen molar-refractivity contribution in [1.29, 1.82) is 0 Å². The van der Waals surface area contributed by atoms with Crippen molar-refractivity contribution in [3.05, 3.63) is 45.7 Å². The Labute approximate surface area is 164 Å². The smallest absolute Gasteiger partial charge is 0.265 e. The predicted octanol–water partition coefficient (Wildman–Crippen LogP) is 4.42. The van der Waals surface area contributed by atoms with Crippen molar-refractivity contribution in [3.63, 3.8) is 0 Å². The van der Waals surface area contributed by atoms with Crippen LogP contribution >= 0.6 is 11.3 Å². The lowest BCUT2D eigenvalue weighted by Gasteiger charge is -2.41. The Bertz CT molecular complexity index is 878. The molecule has 2 aliphatic heterocycles. The first-order valence-electron chi connectivity index (χ1n) is 9.54. The maximum atomic E-state index is 13.8. The summed E-state index contributed by atoms with van der Waals surface area (Å²) in [5, 5.41) is 0.935. The molecule has 6 heteroatoms. The minimum Gasteiger partial charge on any atom is -0.363 e. The lowest BCUT2D eigenvalue weighted by atomic mass is 9.89. The van der Waals surface area contributed by atoms with Crippen molar-refractivity contribution in [2.45, 2.75) is 52.1 Å². The van der Waals surface area contributed by atoms with Crippen molar-refractivity contribution in [2.75, 3.05) is 18.0 Å². The van der Waals surface area contributed by atoms with Gasteiger partial charge in [-0.3, -0.25) is 4.79 Å². The van der Waals surface area contributed by atoms with Gasteiger partial charge in [-0.15, -0.1) is 11.3 Å². The summed E-state index contributed by atoms with van der Waals surface area (Å²) in [5.74, 6) is 0.309. The number of nitrogens with zero attached hydrogens (tertiary/aromatic N) is 3. The molecule has 3 heterocycles. The van der Waals surface area contributed by atoms with E-state index < -0.39 is 0 Å². The molecule has 2 aliphatic rings. The van der Waals surface area contributed by atoms with Gasteiger partial charge in [-0.25, -0.2) is 9.37 Å². The van der Waals surface area contributed by atoms with Gasteiger partial charge in [0, 0.05) is 30.4 Å². The second kappa shape index (κ2) is 6.59. The first-order chi connectivity index (χ1) is 12.8. The number of aromatic nitrogens is 1. The van der Waals surface area contributed by atoms with Crippen molar-refractivity contribution in [1.82, 2.24) is 9.88 Å². The van der Waals surface area contributed by atoms with E-state index in [4.69, 9.17) is 0 Å². The first kappa shape index (κ1) is 18.4. The van der Waals surface area contributed by atoms with Gasteiger partial charge in [0.2, 0.25) is 0 Å². The number of carbonyl (C=O) groups is 1. The fourth-order valence-electron chi connectivity index (χ4n) is 4.97. The molecule has 0 radical (unpaired) electrons. The third kappa shape index (κ3) is 3.24. The van der Waals surface area contributed by atoms with E-state index in [0.29, 0.717) is 12.0 Å². The summed E-state index contributed by atoms with van der Waals surface area (Å²) < 4.78 is 13.8. The van der Waals surface area contributed by atoms with Crippen LogP contribution in [-0.2, 0) is 0 Å². The van der Waals surface area contributed by atoms with Crippen LogP contribution in [0.1, 0.15) is 47.1 Å². The number of halogens is 1. The van der Waals surface area contributed by atoms with E-state index in [1.807, 2.05) is 24.8 Å². The highest BCUT2D eigenvalue weighted by molar-refractivity contribution is 7.13. The van der Waals surface area contributed by atoms with E-state index in [1.165, 1.54) is 17.4 Å². The Balaban J connectivity index is 1.56. The van der Waals surface area contributed by atoms with Crippen LogP contribution in [-0.4, -0.2) is 40.5 Å². The van der Waals surface area contributed by atoms with E-state index in [9.17, 15) is 9.18 Å². The number of likely N-dealkylation sites (tertiary alicyclic amines) is 1. The molecule has 4 nitrogen and oxygen atoms in total. The van der Waals surface area contributed by atoms with E-state index in [2.05, 4.69) is 23.7 Å². The number of benzene rings is 1. The number of piperidine rings is 1. The normalized spacial score (nSPS) is 24.2. The lowest BCUT2D eigenvalue weighted by Crippen LogP contribution is -2.50. The maximum Gasteiger partial charge on any atom is 0.265 e. The Morgan fingerprint density at radius 3 is 2.78 bits per heavy atom. The van der Waals surface area contributed by atoms with Crippen LogP contribution in [0, 0.1) is 25.6 Å². The van der Waals surface area contributed by atoms with Crippen LogP contribution in [0.4, 0.5) is 10.1 Å². The molecule has 27 heavy (non-hydrogen) atoms. The number of aryl methyl sites for hydroxylation is 2. The van der Waals surface area contributed by atoms with Gasteiger partial charge in [-0.05, 0) is 64.7 Å². The summed E-state index contributed by atoms with van der Waals surface area (Å²) in [5.41, 5.74) is 1.72. The molecule has 1 aromatic carbocycles. The number of hydrogen-bond donors (Lipinski definition) is 0. The summed E-state index contributed by atoms with van der Waals surface area (Å²) in [7, 11) is 0. The van der Waals surface area contributed by atoms with Crippen molar-refractivity contribution >= 4 is 22.9 Å². The summed E-state index contributed by atoms with van der Waals surface area (Å²) >= 11 is 1.49. The number of carbonyl (C=O) groups excluding carboxylic acids is 1. The molecule has 0 bridgehead atoms. The number of thiazole rings is 1. The van der Waals surface area contributed by atoms with Crippen LogP contribution < -0.4 is 4.90 Å². The number of rotatable bonds is 2. The van der Waals surface area contributed by atoms with Gasteiger partial charge in [-0.1, -0.05) is 6.07 Å². The van der Waals surface area contributed by atoms with Crippen LogP contribution in [0.5, 0.6) is 0 Å². The molecule has 2 aromatic rings. The number of anilines is 1. The standard InChI is InChI=1S/C21H26FN3OS/c1-13-19(27-14(2)23-13)20(26)24-9-8-18-15(12-24)11-21(3,4)25(18)17-7-5-6-16(22)10-17/h5-7,10,15,18H,8-9,11-12H2,1-4H3/t15-,18+/m1/s1. The Morgan fingerprint density at radius 1 is 1.33 bits per heavy atom. The summed E-state index contributed by atoms with van der Waals surface area (Å²) in [4.78, 5) is 22.6. The summed E-state index contributed by atoms with van der Waals surface area (Å²) in [6.07, 6.45) is 1.91. The van der Waals surface area contributed by atoms with Gasteiger partial charge >= 0.3 is 0 Å². The second-order valence-electron chi connectivity index (χ2n) is 8.38. The Morgan fingerprint density at radius 2 is 2.11 bits per heavy atom. The zero-order valence-corrected chi connectivity index (χ0v) is 17.1. The summed E-state index contributed by atoms with van der Waals surface area (Å²) in [6.45, 7) is 9.79. The molecule has 2 atom stereocenters. The molecule has 0 spiro atoms. The SMILES string of the molecule is Cc1nc(C)c(C(=O)N2CC[C@H]3[C@@H](C2)CC(C)(C)N3c2cccc(F)c2)s1. The van der Waals surface area contributed by atoms with Crippen LogP contribution in [0.25, 0.3) is 0 Å². The molecule has 1 aromatic heterocycles. The van der Waals surface area contributed by atoms with E-state index in [0.717, 1.165) is 47.2 Å². The third-order valence-electron chi connectivity index (χ3n) is 5.91. The van der Waals surface area contributed by atoms with E-state index in [-0.39, 0.29) is 17.3 Å². The van der Waals surface area contributed by atoms with Crippen LogP contribution in [0.15, 0.2) is 24.3 Å². The highest BCUT2D eigenvalue weighted by Crippen LogP contribution is 2.45. The molecule has 0 saturated carbocycles. The number of amides is 1. The zero-order valence-electron chi connectivity index (χ0n) is 16.3. The molecular formula is C21H26FN3OS. The molecule has 0 unspecified atom stereocenters. The van der Waals surface area contributed by atoms with E-state index >= 15 is 0 Å². The van der Waals surface area contributed by atoms with E-state index in [1.54, 1.807) is 12.1 Å². The molecule has 2 saturated heterocycles. The highest BCUT2D eigenvalue weighted by atomic mass is 32.1. The monoisotopic (exact) mass is 387 g/mol. The fourth-order valence-corrected chi connectivity index (χ4v) is 5.86. The van der Waals surface area contributed by atoms with Crippen LogP contribution in [0.3, 0.4) is 0 Å². The van der Waals surface area contributed by atoms with Gasteiger partial charge in [-0.2, -0.15) is 0 Å². The largest absolute Gasteiger partial charge is 0.363 e. The molecule has 4 rings (SSSR count). The molecule has 0 aliphatic carbocycles. The minimum absolute atomic E-state index is 0.0564. The van der Waals surface area contributed by atoms with Gasteiger partial charge in [0.15, 0.2) is 0 Å². The fraction of sp³-hybridized carbons (Fsp3) is 0.524. The second-order valence-corrected chi connectivity index (χ2v) is 9.58. The summed E-state index contributed by atoms with van der Waals surface area (Å²) in [6, 6.07) is 7.24. The lowest BCUT2D eigenvalue weighted by molar-refractivity contribution is 0.0671. The van der Waals surface area contributed by atoms with Gasteiger partial charge in [0.05, 0.1) is 10.7 Å². The zero-order chi connectivity index (χ0) is 19.3. The number of hydrogen-bond acceptors (Lipinski definition) is 4. The minimum atomic E-state index is -0.199. The maximum absolute atomic E-state index is 13.8. The molecular weight excluding hydrogens is 361 g/mol. The quantitative estimate of drug-likeness (QED) is 0.765. The van der Waals surface area contributed by atoms with Gasteiger partial charge in [0.1, 0.15) is 10.7 Å². The molecule has 1 amide bonds. The first-order valence-corrected chi connectivity index (χ1v) is 10.4. The molecule has 144 valence electrons. The van der Waals surface area contributed by atoms with Crippen molar-refractivity contribution < 1.29 is 9.18 Å². The molecule has 2 fully saturated rings. The Hall–Kier alpha value is -1.95. The van der Waals surface area contributed by atoms with Crippen molar-refractivity contribution in [2.24, 2.45) is 5.92 Å². The van der Waals surface area contributed by atoms with Gasteiger partial charge in [0.25, 0.3) is 5.91 Å². The highest BCUT2D eigenvalue weighted by Gasteiger charge is 2.48. The average molecular weight is 388 g/mol. The number of fused-ring (bicyclic) bond motifs is 1. The Kier molecular flexibility index (Phi) is 4.49. The average Bonchev–Trinajstić information content (AvgIpc) is 3.07. The molecule has 0 N–H and O–H groups in total. The van der Waals surface area contributed by atoms with Gasteiger partial charge < -0.3 is 9.80 Å². The predicted molar refractivity (Wildman–Crippen MR) is 107 cm³/mol. The third-order valence-corrected chi connectivity index (χ3v) is 6.97. The topological polar surface area (TPSA) is 36.4 Å². The van der Waals surface area contributed by atoms with Crippen molar-refractivity contribution in [3.8, 4) is 0 Å².